The van der Waals surface area contributed by atoms with Crippen LogP contribution >= 0.6 is 0 Å². The number of amides is 2. The average molecular weight is 434 g/mol. The minimum absolute atomic E-state index is 0.0972. The van der Waals surface area contributed by atoms with E-state index in [9.17, 15) is 14.7 Å². The van der Waals surface area contributed by atoms with Crippen LogP contribution in [0.5, 0.6) is 5.75 Å². The third kappa shape index (κ3) is 4.90. The molecule has 1 aromatic rings. The second-order valence-electron chi connectivity index (χ2n) is 7.40. The molecule has 1 aliphatic carbocycles. The van der Waals surface area contributed by atoms with Crippen molar-refractivity contribution in [2.75, 3.05) is 46.6 Å². The normalized spacial score (nSPS) is 23.9. The molecule has 0 bridgehead atoms. The van der Waals surface area contributed by atoms with Crippen LogP contribution in [0.2, 0.25) is 0 Å². The average Bonchev–Trinajstić information content (AvgIpc) is 3.17. The van der Waals surface area contributed by atoms with Gasteiger partial charge in [-0.05, 0) is 19.1 Å². The number of fused-ring (bicyclic) bond motifs is 3. The van der Waals surface area contributed by atoms with Gasteiger partial charge in [-0.2, -0.15) is 0 Å². The Bertz CT molecular complexity index is 813. The van der Waals surface area contributed by atoms with Gasteiger partial charge in [0.25, 0.3) is 0 Å². The van der Waals surface area contributed by atoms with Gasteiger partial charge >= 0.3 is 0 Å². The van der Waals surface area contributed by atoms with E-state index in [0.29, 0.717) is 17.9 Å². The summed E-state index contributed by atoms with van der Waals surface area (Å²) >= 11 is 0. The summed E-state index contributed by atoms with van der Waals surface area (Å²) in [4.78, 5) is 27.3. The Morgan fingerprint density at radius 3 is 2.77 bits per heavy atom. The Labute approximate surface area is 181 Å². The van der Waals surface area contributed by atoms with Crippen molar-refractivity contribution in [2.45, 2.75) is 31.1 Å². The van der Waals surface area contributed by atoms with E-state index >= 15 is 0 Å². The predicted molar refractivity (Wildman–Crippen MR) is 112 cm³/mol. The summed E-state index contributed by atoms with van der Waals surface area (Å²) in [5, 5.41) is 23.0. The first-order valence-corrected chi connectivity index (χ1v) is 10.4. The fraction of sp³-hybridized carbons (Fsp3) is 0.545. The van der Waals surface area contributed by atoms with Gasteiger partial charge in [0.05, 0.1) is 25.2 Å². The maximum Gasteiger partial charge on any atom is 0.249 e. The molecular formula is C22H30N2O7. The zero-order valence-electron chi connectivity index (χ0n) is 17.8. The molecular weight excluding hydrogens is 404 g/mol. The van der Waals surface area contributed by atoms with Gasteiger partial charge in [-0.25, -0.2) is 0 Å². The van der Waals surface area contributed by atoms with Gasteiger partial charge in [-0.1, -0.05) is 18.2 Å². The quantitative estimate of drug-likeness (QED) is 0.468. The van der Waals surface area contributed by atoms with E-state index in [1.165, 1.54) is 12.0 Å². The lowest BCUT2D eigenvalue weighted by molar-refractivity contribution is -0.142. The number of aliphatic hydroxyl groups is 2. The molecule has 170 valence electrons. The van der Waals surface area contributed by atoms with E-state index < -0.39 is 24.2 Å². The summed E-state index contributed by atoms with van der Waals surface area (Å²) in [6, 6.07) is 6.53. The molecule has 0 saturated heterocycles. The number of hydrogen-bond donors (Lipinski definition) is 3. The maximum atomic E-state index is 13.0. The Morgan fingerprint density at radius 1 is 1.29 bits per heavy atom. The Hall–Kier alpha value is -2.46. The van der Waals surface area contributed by atoms with Crippen LogP contribution in [0.4, 0.5) is 0 Å². The summed E-state index contributed by atoms with van der Waals surface area (Å²) in [5.74, 6) is -0.567. The van der Waals surface area contributed by atoms with Crippen LogP contribution in [0.15, 0.2) is 35.9 Å². The predicted octanol–water partition coefficient (Wildman–Crippen LogP) is -0.179. The third-order valence-corrected chi connectivity index (χ3v) is 5.52. The number of nitrogens with zero attached hydrogens (tertiary/aromatic N) is 1. The van der Waals surface area contributed by atoms with Crippen LogP contribution < -0.4 is 10.1 Å². The first-order valence-electron chi connectivity index (χ1n) is 10.4. The molecule has 0 radical (unpaired) electrons. The van der Waals surface area contributed by atoms with Gasteiger partial charge in [0.15, 0.2) is 0 Å². The van der Waals surface area contributed by atoms with Gasteiger partial charge in [-0.3, -0.25) is 9.59 Å². The topological polar surface area (TPSA) is 118 Å². The molecule has 0 fully saturated rings. The zero-order chi connectivity index (χ0) is 22.4. The fourth-order valence-corrected chi connectivity index (χ4v) is 4.09. The van der Waals surface area contributed by atoms with Crippen LogP contribution in [0.25, 0.3) is 0 Å². The second kappa shape index (κ2) is 10.7. The lowest BCUT2D eigenvalue weighted by atomic mass is 9.77. The molecule has 9 heteroatoms. The number of nitrogens with one attached hydrogen (secondary N) is 1. The van der Waals surface area contributed by atoms with Crippen molar-refractivity contribution in [1.29, 1.82) is 0 Å². The molecule has 0 unspecified atom stereocenters. The number of hydrogen-bond acceptors (Lipinski definition) is 7. The van der Waals surface area contributed by atoms with Crippen LogP contribution in [-0.2, 0) is 19.1 Å². The molecule has 0 aromatic heterocycles. The number of ether oxygens (including phenoxy) is 3. The van der Waals surface area contributed by atoms with Crippen molar-refractivity contribution >= 4 is 11.8 Å². The molecule has 3 N–H and O–H groups in total. The summed E-state index contributed by atoms with van der Waals surface area (Å²) in [5.41, 5.74) is 1.20. The fourth-order valence-electron chi connectivity index (χ4n) is 4.09. The highest BCUT2D eigenvalue weighted by Crippen LogP contribution is 2.47. The molecule has 0 spiro atoms. The van der Waals surface area contributed by atoms with Crippen molar-refractivity contribution in [1.82, 2.24) is 10.2 Å². The highest BCUT2D eigenvalue weighted by Gasteiger charge is 2.50. The van der Waals surface area contributed by atoms with Crippen LogP contribution in [0.3, 0.4) is 0 Å². The van der Waals surface area contributed by atoms with Crippen molar-refractivity contribution in [3.8, 4) is 5.75 Å². The molecule has 2 aliphatic rings. The summed E-state index contributed by atoms with van der Waals surface area (Å²) in [7, 11) is 1.53. The van der Waals surface area contributed by atoms with Crippen LogP contribution in [0.1, 0.15) is 18.4 Å². The number of rotatable bonds is 10. The smallest absolute Gasteiger partial charge is 0.249 e. The third-order valence-electron chi connectivity index (χ3n) is 5.52. The van der Waals surface area contributed by atoms with Gasteiger partial charge < -0.3 is 34.6 Å². The van der Waals surface area contributed by atoms with Gasteiger partial charge in [0.1, 0.15) is 24.6 Å². The number of carbonyl (C=O) groups excluding carboxylic acids is 2. The van der Waals surface area contributed by atoms with Crippen LogP contribution in [0, 0.1) is 0 Å². The molecule has 1 heterocycles. The number of carbonyl (C=O) groups is 2. The van der Waals surface area contributed by atoms with Gasteiger partial charge in [0.2, 0.25) is 11.8 Å². The largest absolute Gasteiger partial charge is 0.486 e. The lowest BCUT2D eigenvalue weighted by Crippen LogP contribution is -2.57. The highest BCUT2D eigenvalue weighted by atomic mass is 16.5. The first-order chi connectivity index (χ1) is 15.0. The van der Waals surface area contributed by atoms with E-state index in [1.54, 1.807) is 19.1 Å². The SMILES string of the molecule is CCOCC(=O)N(CCOC)[C@@H]1C=C(C(=O)NCCO)[C@@H]2c3ccccc3O[C@@H]2[C@H]1O. The van der Waals surface area contributed by atoms with Crippen molar-refractivity contribution in [2.24, 2.45) is 0 Å². The number of benzene rings is 1. The van der Waals surface area contributed by atoms with E-state index in [2.05, 4.69) is 5.32 Å². The molecule has 4 atom stereocenters. The molecule has 1 aliphatic heterocycles. The number of methoxy groups -OCH3 is 1. The van der Waals surface area contributed by atoms with Gasteiger partial charge in [0, 0.05) is 37.9 Å². The van der Waals surface area contributed by atoms with Crippen molar-refractivity contribution in [3.05, 3.63) is 41.5 Å². The van der Waals surface area contributed by atoms with E-state index in [0.717, 1.165) is 5.56 Å². The van der Waals surface area contributed by atoms with Crippen molar-refractivity contribution < 1.29 is 34.0 Å². The standard InChI is InChI=1S/C22H30N2O7/c1-3-30-13-18(26)24(9-11-29-2)16-12-15(22(28)23-8-10-25)19-14-6-4-5-7-17(14)31-21(19)20(16)27/h4-7,12,16,19-21,25,27H,3,8-11,13H2,1-2H3,(H,23,28)/t16-,19+,20+,21+/m1/s1. The number of para-hydroxylation sites is 1. The molecule has 2 amide bonds. The molecule has 31 heavy (non-hydrogen) atoms. The first kappa shape index (κ1) is 23.2. The number of aliphatic hydroxyl groups excluding tert-OH is 2. The highest BCUT2D eigenvalue weighted by molar-refractivity contribution is 5.96. The Kier molecular flexibility index (Phi) is 8.03. The minimum Gasteiger partial charge on any atom is -0.486 e. The monoisotopic (exact) mass is 434 g/mol. The van der Waals surface area contributed by atoms with Gasteiger partial charge in [-0.15, -0.1) is 0 Å². The Morgan fingerprint density at radius 2 is 2.06 bits per heavy atom. The maximum absolute atomic E-state index is 13.0. The van der Waals surface area contributed by atoms with E-state index in [4.69, 9.17) is 19.3 Å². The van der Waals surface area contributed by atoms with E-state index in [1.807, 2.05) is 18.2 Å². The summed E-state index contributed by atoms with van der Waals surface area (Å²) < 4.78 is 16.4. The minimum atomic E-state index is -1.06. The van der Waals surface area contributed by atoms with Crippen molar-refractivity contribution in [3.63, 3.8) is 0 Å². The molecule has 0 saturated carbocycles. The summed E-state index contributed by atoms with van der Waals surface area (Å²) in [6.07, 6.45) is -0.162. The van der Waals surface area contributed by atoms with Crippen LogP contribution in [-0.4, -0.2) is 91.8 Å². The lowest BCUT2D eigenvalue weighted by Gasteiger charge is -2.40. The molecule has 1 aromatic carbocycles. The zero-order valence-corrected chi connectivity index (χ0v) is 17.8. The second-order valence-corrected chi connectivity index (χ2v) is 7.40. The summed E-state index contributed by atoms with van der Waals surface area (Å²) in [6.45, 7) is 2.41. The Balaban J connectivity index is 1.99. The molecule has 3 rings (SSSR count). The molecule has 9 nitrogen and oxygen atoms in total. The van der Waals surface area contributed by atoms with E-state index in [-0.39, 0.29) is 44.7 Å².